The van der Waals surface area contributed by atoms with Gasteiger partial charge in [-0.3, -0.25) is 19.1 Å². The van der Waals surface area contributed by atoms with Gasteiger partial charge in [0.15, 0.2) is 0 Å². The van der Waals surface area contributed by atoms with Gasteiger partial charge in [-0.15, -0.1) is 0 Å². The molecule has 0 aliphatic heterocycles. The van der Waals surface area contributed by atoms with E-state index in [9.17, 15) is 14.4 Å². The van der Waals surface area contributed by atoms with Crippen LogP contribution in [0.25, 0.3) is 22.0 Å². The molecule has 4 N–H and O–H groups in total. The summed E-state index contributed by atoms with van der Waals surface area (Å²) < 4.78 is 16.9. The first-order valence-electron chi connectivity index (χ1n) is 13.6. The number of carbonyl (C=O) groups excluding carboxylic acids is 2. The molecule has 1 unspecified atom stereocenters. The second kappa shape index (κ2) is 11.6. The van der Waals surface area contributed by atoms with Gasteiger partial charge in [-0.2, -0.15) is 5.10 Å². The second-order valence-electron chi connectivity index (χ2n) is 10.1. The minimum absolute atomic E-state index is 0.209. The first-order chi connectivity index (χ1) is 20.9. The maximum absolute atomic E-state index is 15.5. The first kappa shape index (κ1) is 27.4. The zero-order chi connectivity index (χ0) is 29.9. The number of halogens is 1. The average Bonchev–Trinajstić information content (AvgIpc) is 3.69. The highest BCUT2D eigenvalue weighted by Crippen LogP contribution is 2.32. The molecule has 0 bridgehead atoms. The molecule has 43 heavy (non-hydrogen) atoms. The summed E-state index contributed by atoms with van der Waals surface area (Å²) in [5, 5.41) is 10.4. The number of amides is 2. The summed E-state index contributed by atoms with van der Waals surface area (Å²) in [6.07, 6.45) is 4.58. The Balaban J connectivity index is 1.36. The van der Waals surface area contributed by atoms with Crippen molar-refractivity contribution >= 4 is 28.4 Å². The number of aryl methyl sites for hydroxylation is 1. The molecular weight excluding hydrogens is 547 g/mol. The van der Waals surface area contributed by atoms with Crippen molar-refractivity contribution in [3.8, 4) is 11.1 Å². The summed E-state index contributed by atoms with van der Waals surface area (Å²) in [5.74, 6) is -2.17. The summed E-state index contributed by atoms with van der Waals surface area (Å²) in [6, 6.07) is 25.4. The predicted molar refractivity (Wildman–Crippen MR) is 162 cm³/mol. The van der Waals surface area contributed by atoms with Crippen molar-refractivity contribution in [2.45, 2.75) is 12.0 Å². The molecule has 0 radical (unpaired) electrons. The van der Waals surface area contributed by atoms with E-state index >= 15 is 4.39 Å². The number of aromatic amines is 2. The highest BCUT2D eigenvalue weighted by molar-refractivity contribution is 6.02. The highest BCUT2D eigenvalue weighted by atomic mass is 19.1. The van der Waals surface area contributed by atoms with Crippen LogP contribution >= 0.6 is 0 Å². The number of carbonyl (C=O) groups is 2. The largest absolute Gasteiger partial charge is 0.357 e. The lowest BCUT2D eigenvalue weighted by Crippen LogP contribution is -2.48. The Morgan fingerprint density at radius 1 is 0.884 bits per heavy atom. The number of anilines is 1. The number of fused-ring (bicyclic) bond motifs is 1. The zero-order valence-corrected chi connectivity index (χ0v) is 23.0. The minimum Gasteiger partial charge on any atom is -0.357 e. The Labute approximate surface area is 245 Å². The molecule has 0 aliphatic carbocycles. The maximum Gasteiger partial charge on any atom is 0.272 e. The number of aromatic nitrogens is 4. The van der Waals surface area contributed by atoms with Crippen LogP contribution in [0.1, 0.15) is 27.5 Å². The van der Waals surface area contributed by atoms with E-state index in [1.807, 2.05) is 60.7 Å². The van der Waals surface area contributed by atoms with E-state index in [0.29, 0.717) is 16.5 Å². The van der Waals surface area contributed by atoms with E-state index in [-0.39, 0.29) is 22.5 Å². The first-order valence-corrected chi connectivity index (χ1v) is 13.6. The fraction of sp³-hybridized carbons (Fsp3) is 0.0909. The summed E-state index contributed by atoms with van der Waals surface area (Å²) in [6.45, 7) is 0. The topological polar surface area (TPSA) is 125 Å². The third kappa shape index (κ3) is 5.45. The third-order valence-electron chi connectivity index (χ3n) is 7.41. The summed E-state index contributed by atoms with van der Waals surface area (Å²) in [5.41, 5.74) is 2.91. The number of rotatable bonds is 8. The van der Waals surface area contributed by atoms with Crippen molar-refractivity contribution in [2.75, 3.05) is 5.32 Å². The number of hydrogen-bond donors (Lipinski definition) is 4. The van der Waals surface area contributed by atoms with E-state index < -0.39 is 29.6 Å². The molecule has 0 saturated carbocycles. The number of pyridine rings is 1. The molecule has 6 rings (SSSR count). The van der Waals surface area contributed by atoms with Gasteiger partial charge in [-0.05, 0) is 41.5 Å². The standard InChI is InChI=1S/C33H27FN6O3/c1-40-27(15-17-37-40)31(41)39-30(28(20-8-4-2-5-9-20)21-10-6-3-7-11-21)33(43)38-22-12-13-23(26(34)18-22)25-19-36-32(42)29-24(25)14-16-35-29/h2-19,28,30,35H,1H3,(H,36,42)(H,38,43)(H,39,41). The van der Waals surface area contributed by atoms with Crippen molar-refractivity contribution in [3.63, 3.8) is 0 Å². The van der Waals surface area contributed by atoms with Gasteiger partial charge in [0.1, 0.15) is 23.1 Å². The number of hydrogen-bond acceptors (Lipinski definition) is 4. The van der Waals surface area contributed by atoms with Gasteiger partial charge in [-0.25, -0.2) is 4.39 Å². The number of nitrogens with one attached hydrogen (secondary N) is 4. The molecular formula is C33H27FN6O3. The third-order valence-corrected chi connectivity index (χ3v) is 7.41. The van der Waals surface area contributed by atoms with E-state index in [1.165, 1.54) is 23.1 Å². The van der Waals surface area contributed by atoms with Gasteiger partial charge < -0.3 is 20.6 Å². The van der Waals surface area contributed by atoms with Crippen LogP contribution in [0, 0.1) is 5.82 Å². The Hall–Kier alpha value is -5.77. The molecule has 1 atom stereocenters. The lowest BCUT2D eigenvalue weighted by molar-refractivity contribution is -0.118. The molecule has 10 heteroatoms. The number of H-pyrrole nitrogens is 2. The SMILES string of the molecule is Cn1nccc1C(=O)NC(C(=O)Nc1ccc(-c2c[nH]c(=O)c3[nH]ccc23)c(F)c1)C(c1ccccc1)c1ccccc1. The molecule has 6 aromatic rings. The van der Waals surface area contributed by atoms with Crippen LogP contribution < -0.4 is 16.2 Å². The Morgan fingerprint density at radius 3 is 2.21 bits per heavy atom. The van der Waals surface area contributed by atoms with Gasteiger partial charge >= 0.3 is 0 Å². The van der Waals surface area contributed by atoms with Crippen LogP contribution in [-0.4, -0.2) is 37.6 Å². The Morgan fingerprint density at radius 2 is 1.58 bits per heavy atom. The lowest BCUT2D eigenvalue weighted by atomic mass is 9.84. The number of benzene rings is 3. The molecule has 0 saturated heterocycles. The molecule has 3 heterocycles. The van der Waals surface area contributed by atoms with Gasteiger partial charge in [0.2, 0.25) is 5.91 Å². The zero-order valence-electron chi connectivity index (χ0n) is 23.0. The van der Waals surface area contributed by atoms with Crippen molar-refractivity contribution < 1.29 is 14.0 Å². The molecule has 0 fully saturated rings. The Bertz CT molecular complexity index is 1940. The summed E-state index contributed by atoms with van der Waals surface area (Å²) >= 11 is 0. The Kier molecular flexibility index (Phi) is 7.40. The van der Waals surface area contributed by atoms with Gasteiger partial charge in [0.05, 0.1) is 0 Å². The molecule has 214 valence electrons. The van der Waals surface area contributed by atoms with Crippen molar-refractivity contribution in [1.29, 1.82) is 0 Å². The summed E-state index contributed by atoms with van der Waals surface area (Å²) in [4.78, 5) is 45.0. The monoisotopic (exact) mass is 574 g/mol. The van der Waals surface area contributed by atoms with Gasteiger partial charge in [0.25, 0.3) is 11.5 Å². The van der Waals surface area contributed by atoms with Crippen LogP contribution in [0.4, 0.5) is 10.1 Å². The minimum atomic E-state index is -1.08. The molecule has 3 aromatic heterocycles. The predicted octanol–water partition coefficient (Wildman–Crippen LogP) is 4.97. The van der Waals surface area contributed by atoms with E-state index in [4.69, 9.17) is 0 Å². The fourth-order valence-electron chi connectivity index (χ4n) is 5.33. The molecule has 0 aliphatic rings. The fourth-order valence-corrected chi connectivity index (χ4v) is 5.33. The van der Waals surface area contributed by atoms with E-state index in [2.05, 4.69) is 25.7 Å². The molecule has 0 spiro atoms. The normalized spacial score (nSPS) is 11.9. The van der Waals surface area contributed by atoms with Gasteiger partial charge in [-0.1, -0.05) is 60.7 Å². The molecule has 9 nitrogen and oxygen atoms in total. The van der Waals surface area contributed by atoms with Crippen molar-refractivity contribution in [2.24, 2.45) is 7.05 Å². The maximum atomic E-state index is 15.5. The van der Waals surface area contributed by atoms with Gasteiger partial charge in [0, 0.05) is 53.8 Å². The smallest absolute Gasteiger partial charge is 0.272 e. The average molecular weight is 575 g/mol. The molecule has 3 aromatic carbocycles. The van der Waals surface area contributed by atoms with Crippen molar-refractivity contribution in [1.82, 2.24) is 25.1 Å². The van der Waals surface area contributed by atoms with E-state index in [0.717, 1.165) is 11.1 Å². The molecule has 2 amide bonds. The van der Waals surface area contributed by atoms with Crippen LogP contribution in [0.3, 0.4) is 0 Å². The second-order valence-corrected chi connectivity index (χ2v) is 10.1. The van der Waals surface area contributed by atoms with E-state index in [1.54, 1.807) is 37.5 Å². The van der Waals surface area contributed by atoms with Crippen LogP contribution in [-0.2, 0) is 11.8 Å². The highest BCUT2D eigenvalue weighted by Gasteiger charge is 2.33. The van der Waals surface area contributed by atoms with Crippen LogP contribution in [0.15, 0.2) is 114 Å². The lowest BCUT2D eigenvalue weighted by Gasteiger charge is -2.28. The van der Waals surface area contributed by atoms with Crippen molar-refractivity contribution in [3.05, 3.63) is 143 Å². The van der Waals surface area contributed by atoms with Crippen LogP contribution in [0.2, 0.25) is 0 Å². The van der Waals surface area contributed by atoms with Crippen LogP contribution in [0.5, 0.6) is 0 Å². The summed E-state index contributed by atoms with van der Waals surface area (Å²) in [7, 11) is 1.64. The number of nitrogens with zero attached hydrogens (tertiary/aromatic N) is 2. The quantitative estimate of drug-likeness (QED) is 0.205.